The van der Waals surface area contributed by atoms with Crippen LogP contribution < -0.4 is 10.6 Å². The molecule has 17 heavy (non-hydrogen) atoms. The Morgan fingerprint density at radius 3 is 2.47 bits per heavy atom. The Kier molecular flexibility index (Phi) is 4.23. The summed E-state index contributed by atoms with van der Waals surface area (Å²) >= 11 is 0. The van der Waals surface area contributed by atoms with Gasteiger partial charge in [-0.2, -0.15) is 10.5 Å². The standard InChI is InChI=1S/C11H9N5O/c12-6-9(14)10(7-13)16-11(17)15-8-4-2-1-3-5-8/h1-5,10,14H,(H2,15,16,17)/t10-/m1/s1. The first-order valence-corrected chi connectivity index (χ1v) is 4.68. The Balaban J connectivity index is 2.59. The predicted molar refractivity (Wildman–Crippen MR) is 61.3 cm³/mol. The molecule has 84 valence electrons. The summed E-state index contributed by atoms with van der Waals surface area (Å²) in [5.74, 6) is 0. The molecule has 1 aromatic carbocycles. The lowest BCUT2D eigenvalue weighted by molar-refractivity contribution is 0.252. The van der Waals surface area contributed by atoms with E-state index in [0.717, 1.165) is 0 Å². The molecule has 1 atom stereocenters. The normalized spacial score (nSPS) is 10.5. The van der Waals surface area contributed by atoms with E-state index in [-0.39, 0.29) is 0 Å². The van der Waals surface area contributed by atoms with Crippen LogP contribution in [0.1, 0.15) is 0 Å². The molecule has 0 spiro atoms. The minimum atomic E-state index is -1.23. The number of para-hydroxylation sites is 1. The highest BCUT2D eigenvalue weighted by Crippen LogP contribution is 2.04. The minimum absolute atomic E-state index is 0.504. The second-order valence-electron chi connectivity index (χ2n) is 3.05. The second kappa shape index (κ2) is 5.89. The van der Waals surface area contributed by atoms with Crippen molar-refractivity contribution < 1.29 is 4.79 Å². The Bertz CT molecular complexity index is 497. The molecule has 0 aliphatic rings. The van der Waals surface area contributed by atoms with E-state index in [2.05, 4.69) is 10.6 Å². The SMILES string of the molecule is N#CC(=N)[C@@H](C#N)NC(=O)Nc1ccccc1. The fraction of sp³-hybridized carbons (Fsp3) is 0.0909. The van der Waals surface area contributed by atoms with E-state index in [9.17, 15) is 4.79 Å². The predicted octanol–water partition coefficient (Wildman–Crippen LogP) is 1.24. The topological polar surface area (TPSA) is 113 Å². The van der Waals surface area contributed by atoms with Crippen LogP contribution in [-0.4, -0.2) is 17.8 Å². The lowest BCUT2D eigenvalue weighted by Crippen LogP contribution is -2.41. The highest BCUT2D eigenvalue weighted by atomic mass is 16.2. The molecule has 0 unspecified atom stereocenters. The zero-order valence-electron chi connectivity index (χ0n) is 8.77. The van der Waals surface area contributed by atoms with Crippen molar-refractivity contribution in [1.29, 1.82) is 15.9 Å². The smallest absolute Gasteiger partial charge is 0.316 e. The van der Waals surface area contributed by atoms with Gasteiger partial charge in [-0.1, -0.05) is 18.2 Å². The van der Waals surface area contributed by atoms with Gasteiger partial charge in [-0.25, -0.2) is 4.79 Å². The van der Waals surface area contributed by atoms with Crippen LogP contribution in [0.15, 0.2) is 30.3 Å². The molecule has 0 aliphatic heterocycles. The number of carbonyl (C=O) groups excluding carboxylic acids is 1. The molecule has 2 amide bonds. The summed E-state index contributed by atoms with van der Waals surface area (Å²) in [4.78, 5) is 11.4. The third kappa shape index (κ3) is 3.65. The van der Waals surface area contributed by atoms with Crippen molar-refractivity contribution in [2.45, 2.75) is 6.04 Å². The first-order chi connectivity index (χ1) is 8.17. The average Bonchev–Trinajstić information content (AvgIpc) is 2.36. The van der Waals surface area contributed by atoms with Crippen LogP contribution >= 0.6 is 0 Å². The number of anilines is 1. The fourth-order valence-electron chi connectivity index (χ4n) is 1.05. The molecule has 3 N–H and O–H groups in total. The molecule has 1 aromatic rings. The van der Waals surface area contributed by atoms with E-state index >= 15 is 0 Å². The van der Waals surface area contributed by atoms with Gasteiger partial charge in [-0.05, 0) is 12.1 Å². The number of amides is 2. The summed E-state index contributed by atoms with van der Waals surface area (Å²) in [6.45, 7) is 0. The highest BCUT2D eigenvalue weighted by Gasteiger charge is 2.16. The quantitative estimate of drug-likeness (QED) is 0.675. The Morgan fingerprint density at radius 2 is 1.94 bits per heavy atom. The maximum Gasteiger partial charge on any atom is 0.320 e. The van der Waals surface area contributed by atoms with Gasteiger partial charge in [0.25, 0.3) is 0 Å². The molecule has 0 fully saturated rings. The number of nitriles is 2. The van der Waals surface area contributed by atoms with Crippen LogP contribution in [0.5, 0.6) is 0 Å². The zero-order chi connectivity index (χ0) is 12.7. The highest BCUT2D eigenvalue weighted by molar-refractivity contribution is 6.04. The Hall–Kier alpha value is -2.86. The lowest BCUT2D eigenvalue weighted by Gasteiger charge is -2.09. The summed E-state index contributed by atoms with van der Waals surface area (Å²) in [6.07, 6.45) is 0. The monoisotopic (exact) mass is 227 g/mol. The summed E-state index contributed by atoms with van der Waals surface area (Å²) < 4.78 is 0. The number of hydrogen-bond donors (Lipinski definition) is 3. The molecule has 6 heteroatoms. The number of carbonyl (C=O) groups is 1. The number of benzene rings is 1. The number of urea groups is 1. The minimum Gasteiger partial charge on any atom is -0.316 e. The molecular weight excluding hydrogens is 218 g/mol. The molecule has 0 heterocycles. The summed E-state index contributed by atoms with van der Waals surface area (Å²) in [6, 6.07) is 9.93. The van der Waals surface area contributed by atoms with Crippen LogP contribution in [0.4, 0.5) is 10.5 Å². The molecule has 6 nitrogen and oxygen atoms in total. The van der Waals surface area contributed by atoms with Crippen molar-refractivity contribution in [3.63, 3.8) is 0 Å². The fourth-order valence-corrected chi connectivity index (χ4v) is 1.05. The van der Waals surface area contributed by atoms with Crippen LogP contribution in [-0.2, 0) is 0 Å². The zero-order valence-corrected chi connectivity index (χ0v) is 8.77. The van der Waals surface area contributed by atoms with Crippen molar-refractivity contribution in [3.8, 4) is 12.1 Å². The maximum atomic E-state index is 11.4. The molecule has 0 radical (unpaired) electrons. The van der Waals surface area contributed by atoms with E-state index in [1.807, 2.05) is 0 Å². The first-order valence-electron chi connectivity index (χ1n) is 4.68. The second-order valence-corrected chi connectivity index (χ2v) is 3.05. The van der Waals surface area contributed by atoms with Gasteiger partial charge in [-0.15, -0.1) is 0 Å². The van der Waals surface area contributed by atoms with Gasteiger partial charge >= 0.3 is 6.03 Å². The van der Waals surface area contributed by atoms with Crippen LogP contribution in [0.3, 0.4) is 0 Å². The molecule has 0 bridgehead atoms. The lowest BCUT2D eigenvalue weighted by atomic mass is 10.2. The van der Waals surface area contributed by atoms with Gasteiger partial charge in [0, 0.05) is 5.69 Å². The van der Waals surface area contributed by atoms with E-state index in [1.54, 1.807) is 36.4 Å². The first kappa shape index (κ1) is 12.2. The Labute approximate surface area is 98.0 Å². The van der Waals surface area contributed by atoms with Gasteiger partial charge in [0.1, 0.15) is 11.8 Å². The molecule has 0 aliphatic carbocycles. The van der Waals surface area contributed by atoms with Crippen molar-refractivity contribution in [3.05, 3.63) is 30.3 Å². The van der Waals surface area contributed by atoms with Crippen LogP contribution in [0.25, 0.3) is 0 Å². The van der Waals surface area contributed by atoms with Gasteiger partial charge in [0.15, 0.2) is 6.04 Å². The van der Waals surface area contributed by atoms with Crippen molar-refractivity contribution in [2.24, 2.45) is 0 Å². The van der Waals surface area contributed by atoms with Gasteiger partial charge in [0.2, 0.25) is 0 Å². The van der Waals surface area contributed by atoms with Crippen molar-refractivity contribution in [1.82, 2.24) is 5.32 Å². The van der Waals surface area contributed by atoms with Crippen molar-refractivity contribution in [2.75, 3.05) is 5.32 Å². The van der Waals surface area contributed by atoms with Gasteiger partial charge in [0.05, 0.1) is 6.07 Å². The number of nitrogens with zero attached hydrogens (tertiary/aromatic N) is 2. The largest absolute Gasteiger partial charge is 0.320 e. The van der Waals surface area contributed by atoms with E-state index in [0.29, 0.717) is 5.69 Å². The number of rotatable bonds is 3. The van der Waals surface area contributed by atoms with E-state index in [4.69, 9.17) is 15.9 Å². The van der Waals surface area contributed by atoms with Crippen LogP contribution in [0.2, 0.25) is 0 Å². The number of hydrogen-bond acceptors (Lipinski definition) is 4. The third-order valence-corrected chi connectivity index (χ3v) is 1.85. The summed E-state index contributed by atoms with van der Waals surface area (Å²) in [5, 5.41) is 28.9. The average molecular weight is 227 g/mol. The Morgan fingerprint density at radius 1 is 1.29 bits per heavy atom. The number of nitrogens with one attached hydrogen (secondary N) is 3. The van der Waals surface area contributed by atoms with Gasteiger partial charge in [-0.3, -0.25) is 5.41 Å². The van der Waals surface area contributed by atoms with Crippen molar-refractivity contribution >= 4 is 17.4 Å². The van der Waals surface area contributed by atoms with E-state index < -0.39 is 17.8 Å². The molecule has 0 aromatic heterocycles. The van der Waals surface area contributed by atoms with E-state index in [1.165, 1.54) is 6.07 Å². The van der Waals surface area contributed by atoms with Gasteiger partial charge < -0.3 is 10.6 Å². The maximum absolute atomic E-state index is 11.4. The molecule has 0 saturated heterocycles. The molecule has 1 rings (SSSR count). The molecule has 0 saturated carbocycles. The summed E-state index contributed by atoms with van der Waals surface area (Å²) in [7, 11) is 0. The third-order valence-electron chi connectivity index (χ3n) is 1.85. The summed E-state index contributed by atoms with van der Waals surface area (Å²) in [5.41, 5.74) is 0.0564. The molecular formula is C11H9N5O. The van der Waals surface area contributed by atoms with Crippen LogP contribution in [0, 0.1) is 28.1 Å².